The molecule has 0 radical (unpaired) electrons. The number of carbonyl (C=O) groups is 1. The van der Waals surface area contributed by atoms with Crippen LogP contribution in [0.15, 0.2) is 63.6 Å². The van der Waals surface area contributed by atoms with Gasteiger partial charge in [-0.2, -0.15) is 0 Å². The lowest BCUT2D eigenvalue weighted by molar-refractivity contribution is 0.102. The van der Waals surface area contributed by atoms with E-state index in [1.54, 1.807) is 12.1 Å². The Labute approximate surface area is 136 Å². The summed E-state index contributed by atoms with van der Waals surface area (Å²) in [6.07, 6.45) is 0. The zero-order chi connectivity index (χ0) is 15.5. The molecule has 0 aliphatic rings. The van der Waals surface area contributed by atoms with Gasteiger partial charge in [-0.3, -0.25) is 10.1 Å². The first kappa shape index (κ1) is 14.5. The summed E-state index contributed by atoms with van der Waals surface area (Å²) in [5, 5.41) is 6.68. The van der Waals surface area contributed by atoms with E-state index in [-0.39, 0.29) is 5.91 Å². The average Bonchev–Trinajstić information content (AvgIpc) is 2.96. The van der Waals surface area contributed by atoms with Crippen LogP contribution in [0.5, 0.6) is 0 Å². The van der Waals surface area contributed by atoms with E-state index in [2.05, 4.69) is 26.4 Å². The highest BCUT2D eigenvalue weighted by Crippen LogP contribution is 2.23. The molecule has 0 saturated heterocycles. The molecular formula is C17H13BrN2O2. The molecule has 110 valence electrons. The SMILES string of the molecule is Cc1cccc(C(=O)Nc2cc(-c3ccc(Br)cc3)no2)c1. The van der Waals surface area contributed by atoms with Crippen molar-refractivity contribution in [1.29, 1.82) is 0 Å². The fourth-order valence-electron chi connectivity index (χ4n) is 2.06. The summed E-state index contributed by atoms with van der Waals surface area (Å²) in [6.45, 7) is 1.94. The van der Waals surface area contributed by atoms with E-state index < -0.39 is 0 Å². The van der Waals surface area contributed by atoms with Crippen LogP contribution in [0, 0.1) is 6.92 Å². The van der Waals surface area contributed by atoms with Crippen LogP contribution in [0.2, 0.25) is 0 Å². The number of hydrogen-bond acceptors (Lipinski definition) is 3. The summed E-state index contributed by atoms with van der Waals surface area (Å²) in [6, 6.07) is 16.8. The van der Waals surface area contributed by atoms with E-state index in [4.69, 9.17) is 4.52 Å². The molecule has 4 nitrogen and oxygen atoms in total. The molecule has 0 aliphatic heterocycles. The number of halogens is 1. The van der Waals surface area contributed by atoms with Gasteiger partial charge in [0.25, 0.3) is 5.91 Å². The average molecular weight is 357 g/mol. The number of rotatable bonds is 3. The number of carbonyl (C=O) groups excluding carboxylic acids is 1. The van der Waals surface area contributed by atoms with Crippen LogP contribution in [0.3, 0.4) is 0 Å². The summed E-state index contributed by atoms with van der Waals surface area (Å²) in [5.41, 5.74) is 3.21. The Hall–Kier alpha value is -2.40. The highest BCUT2D eigenvalue weighted by Gasteiger charge is 2.11. The molecule has 3 rings (SSSR count). The lowest BCUT2D eigenvalue weighted by Crippen LogP contribution is -2.11. The summed E-state index contributed by atoms with van der Waals surface area (Å²) in [7, 11) is 0. The monoisotopic (exact) mass is 356 g/mol. The fourth-order valence-corrected chi connectivity index (χ4v) is 2.33. The number of aromatic nitrogens is 1. The molecule has 0 fully saturated rings. The third-order valence-electron chi connectivity index (χ3n) is 3.17. The summed E-state index contributed by atoms with van der Waals surface area (Å²) in [5.74, 6) is 0.103. The van der Waals surface area contributed by atoms with E-state index in [1.165, 1.54) is 0 Å². The maximum Gasteiger partial charge on any atom is 0.258 e. The number of nitrogens with zero attached hydrogens (tertiary/aromatic N) is 1. The van der Waals surface area contributed by atoms with Crippen LogP contribution in [0.1, 0.15) is 15.9 Å². The van der Waals surface area contributed by atoms with Gasteiger partial charge in [0.1, 0.15) is 5.69 Å². The van der Waals surface area contributed by atoms with Crippen molar-refractivity contribution in [2.45, 2.75) is 6.92 Å². The fraction of sp³-hybridized carbons (Fsp3) is 0.0588. The molecule has 0 aliphatic carbocycles. The minimum Gasteiger partial charge on any atom is -0.338 e. The number of hydrogen-bond donors (Lipinski definition) is 1. The second-order valence-corrected chi connectivity index (χ2v) is 5.82. The first-order valence-electron chi connectivity index (χ1n) is 6.72. The molecule has 1 N–H and O–H groups in total. The van der Waals surface area contributed by atoms with Gasteiger partial charge in [-0.1, -0.05) is 50.9 Å². The van der Waals surface area contributed by atoms with Gasteiger partial charge in [0.15, 0.2) is 0 Å². The first-order chi connectivity index (χ1) is 10.6. The predicted octanol–water partition coefficient (Wildman–Crippen LogP) is 4.66. The van der Waals surface area contributed by atoms with Gasteiger partial charge in [-0.15, -0.1) is 0 Å². The third-order valence-corrected chi connectivity index (χ3v) is 3.70. The minimum atomic E-state index is -0.220. The molecule has 5 heteroatoms. The van der Waals surface area contributed by atoms with Crippen molar-refractivity contribution in [3.8, 4) is 11.3 Å². The molecular weight excluding hydrogens is 344 g/mol. The smallest absolute Gasteiger partial charge is 0.258 e. The Morgan fingerprint density at radius 1 is 1.14 bits per heavy atom. The Morgan fingerprint density at radius 3 is 2.64 bits per heavy atom. The number of amides is 1. The Morgan fingerprint density at radius 2 is 1.91 bits per heavy atom. The first-order valence-corrected chi connectivity index (χ1v) is 7.52. The Bertz CT molecular complexity index is 810. The van der Waals surface area contributed by atoms with Crippen LogP contribution in [0.4, 0.5) is 5.88 Å². The normalized spacial score (nSPS) is 10.5. The molecule has 1 aromatic heterocycles. The maximum absolute atomic E-state index is 12.2. The number of benzene rings is 2. The number of anilines is 1. The van der Waals surface area contributed by atoms with Gasteiger partial charge in [0.05, 0.1) is 0 Å². The third kappa shape index (κ3) is 3.26. The minimum absolute atomic E-state index is 0.220. The highest BCUT2D eigenvalue weighted by atomic mass is 79.9. The molecule has 2 aromatic carbocycles. The van der Waals surface area contributed by atoms with Crippen LogP contribution < -0.4 is 5.32 Å². The van der Waals surface area contributed by atoms with Crippen molar-refractivity contribution in [3.05, 3.63) is 70.2 Å². The van der Waals surface area contributed by atoms with Crippen molar-refractivity contribution in [1.82, 2.24) is 5.16 Å². The number of nitrogens with one attached hydrogen (secondary N) is 1. The van der Waals surface area contributed by atoms with Gasteiger partial charge in [-0.25, -0.2) is 0 Å². The second kappa shape index (κ2) is 6.15. The molecule has 0 saturated carbocycles. The molecule has 0 atom stereocenters. The zero-order valence-electron chi connectivity index (χ0n) is 11.8. The molecule has 22 heavy (non-hydrogen) atoms. The second-order valence-electron chi connectivity index (χ2n) is 4.91. The van der Waals surface area contributed by atoms with E-state index in [0.717, 1.165) is 15.6 Å². The summed E-state index contributed by atoms with van der Waals surface area (Å²) >= 11 is 3.39. The van der Waals surface area contributed by atoms with Crippen molar-refractivity contribution in [3.63, 3.8) is 0 Å². The Balaban J connectivity index is 1.77. The largest absolute Gasteiger partial charge is 0.338 e. The zero-order valence-corrected chi connectivity index (χ0v) is 13.4. The molecule has 1 amide bonds. The number of aryl methyl sites for hydroxylation is 1. The maximum atomic E-state index is 12.2. The molecule has 0 unspecified atom stereocenters. The van der Waals surface area contributed by atoms with Crippen LogP contribution in [0.25, 0.3) is 11.3 Å². The molecule has 1 heterocycles. The van der Waals surface area contributed by atoms with Crippen LogP contribution in [-0.2, 0) is 0 Å². The van der Waals surface area contributed by atoms with Gasteiger partial charge in [-0.05, 0) is 31.2 Å². The highest BCUT2D eigenvalue weighted by molar-refractivity contribution is 9.10. The molecule has 3 aromatic rings. The van der Waals surface area contributed by atoms with Crippen molar-refractivity contribution >= 4 is 27.7 Å². The lowest BCUT2D eigenvalue weighted by atomic mass is 10.1. The Kier molecular flexibility index (Phi) is 4.06. The van der Waals surface area contributed by atoms with Crippen LogP contribution in [-0.4, -0.2) is 11.1 Å². The summed E-state index contributed by atoms with van der Waals surface area (Å²) < 4.78 is 6.17. The van der Waals surface area contributed by atoms with Crippen molar-refractivity contribution in [2.24, 2.45) is 0 Å². The molecule has 0 bridgehead atoms. The van der Waals surface area contributed by atoms with Gasteiger partial charge < -0.3 is 4.52 Å². The topological polar surface area (TPSA) is 55.1 Å². The standard InChI is InChI=1S/C17H13BrN2O2/c1-11-3-2-4-13(9-11)17(21)19-16-10-15(20-22-16)12-5-7-14(18)8-6-12/h2-10H,1H3,(H,19,21). The van der Waals surface area contributed by atoms with Gasteiger partial charge in [0, 0.05) is 21.7 Å². The van der Waals surface area contributed by atoms with E-state index in [9.17, 15) is 4.79 Å². The lowest BCUT2D eigenvalue weighted by Gasteiger charge is -2.01. The van der Waals surface area contributed by atoms with E-state index >= 15 is 0 Å². The molecule has 0 spiro atoms. The predicted molar refractivity (Wildman–Crippen MR) is 88.8 cm³/mol. The quantitative estimate of drug-likeness (QED) is 0.741. The van der Waals surface area contributed by atoms with Crippen molar-refractivity contribution in [2.75, 3.05) is 5.32 Å². The van der Waals surface area contributed by atoms with Crippen molar-refractivity contribution < 1.29 is 9.32 Å². The summed E-state index contributed by atoms with van der Waals surface area (Å²) in [4.78, 5) is 12.2. The van der Waals surface area contributed by atoms with Gasteiger partial charge in [0.2, 0.25) is 5.88 Å². The van der Waals surface area contributed by atoms with Crippen LogP contribution >= 0.6 is 15.9 Å². The van der Waals surface area contributed by atoms with Gasteiger partial charge >= 0.3 is 0 Å². The van der Waals surface area contributed by atoms with E-state index in [0.29, 0.717) is 17.1 Å². The van der Waals surface area contributed by atoms with E-state index in [1.807, 2.05) is 49.4 Å².